The molecule has 5 nitrogen and oxygen atoms in total. The van der Waals surface area contributed by atoms with E-state index >= 15 is 0 Å². The van der Waals surface area contributed by atoms with Gasteiger partial charge in [-0.1, -0.05) is 116 Å². The number of unbranched alkanes of at least 4 members (excludes halogenated alkanes) is 12. The highest BCUT2D eigenvalue weighted by molar-refractivity contribution is 5.91. The first kappa shape index (κ1) is 34.0. The number of benzene rings is 1. The minimum atomic E-state index is -0.655. The standard InChI is InChI=1S/C17H26N2O.C16H32O2/c1-4-8-15-11-5-6-12-19(15)17(20)18-16-13(2)9-7-10-14(16)3;1-2-3-4-5-6-7-8-9-10-11-12-13-14-15-16(17)18/h7,9-10,15H,4-6,8,11-12H2,1-3H3,(H,18,20);2-15H2,1H3,(H,17,18). The maximum atomic E-state index is 12.6. The van der Waals surface area contributed by atoms with Crippen molar-refractivity contribution in [1.29, 1.82) is 0 Å². The molecule has 0 aliphatic carbocycles. The molecule has 1 aliphatic heterocycles. The van der Waals surface area contributed by atoms with Crippen LogP contribution in [0.5, 0.6) is 0 Å². The Morgan fingerprint density at radius 3 is 1.84 bits per heavy atom. The number of rotatable bonds is 17. The van der Waals surface area contributed by atoms with Crippen LogP contribution >= 0.6 is 0 Å². The molecule has 2 N–H and O–H groups in total. The van der Waals surface area contributed by atoms with Crippen LogP contribution in [-0.4, -0.2) is 34.6 Å². The zero-order chi connectivity index (χ0) is 28.0. The number of urea groups is 1. The quantitative estimate of drug-likeness (QED) is 0.197. The molecular weight excluding hydrogens is 472 g/mol. The van der Waals surface area contributed by atoms with Gasteiger partial charge in [-0.15, -0.1) is 0 Å². The number of hydrogen-bond donors (Lipinski definition) is 2. The van der Waals surface area contributed by atoms with Gasteiger partial charge in [0.15, 0.2) is 0 Å². The lowest BCUT2D eigenvalue weighted by Gasteiger charge is -2.36. The summed E-state index contributed by atoms with van der Waals surface area (Å²) in [5.41, 5.74) is 3.23. The Morgan fingerprint density at radius 2 is 1.34 bits per heavy atom. The maximum absolute atomic E-state index is 12.6. The van der Waals surface area contributed by atoms with Crippen LogP contribution in [0.1, 0.15) is 147 Å². The topological polar surface area (TPSA) is 69.6 Å². The number of nitrogens with one attached hydrogen (secondary N) is 1. The number of likely N-dealkylation sites (tertiary alicyclic amines) is 1. The number of piperidine rings is 1. The zero-order valence-electron chi connectivity index (χ0n) is 25.2. The Labute approximate surface area is 234 Å². The SMILES string of the molecule is CCCC1CCCCN1C(=O)Nc1c(C)cccc1C.CCCCCCCCCCCCCCCC(=O)O. The molecule has 0 bridgehead atoms. The van der Waals surface area contributed by atoms with E-state index in [1.54, 1.807) is 0 Å². The fraction of sp³-hybridized carbons (Fsp3) is 0.758. The van der Waals surface area contributed by atoms with Gasteiger partial charge in [0, 0.05) is 24.7 Å². The van der Waals surface area contributed by atoms with Gasteiger partial charge in [0.2, 0.25) is 0 Å². The number of anilines is 1. The van der Waals surface area contributed by atoms with Gasteiger partial charge in [0.1, 0.15) is 0 Å². The van der Waals surface area contributed by atoms with Crippen LogP contribution in [0.4, 0.5) is 10.5 Å². The molecule has 1 fully saturated rings. The average molecular weight is 531 g/mol. The molecule has 0 radical (unpaired) electrons. The molecule has 0 saturated carbocycles. The van der Waals surface area contributed by atoms with Crippen molar-refractivity contribution < 1.29 is 14.7 Å². The van der Waals surface area contributed by atoms with E-state index in [0.717, 1.165) is 61.9 Å². The normalized spacial score (nSPS) is 15.1. The first-order valence-electron chi connectivity index (χ1n) is 15.8. The van der Waals surface area contributed by atoms with Crippen molar-refractivity contribution in [2.75, 3.05) is 11.9 Å². The summed E-state index contributed by atoms with van der Waals surface area (Å²) in [5, 5.41) is 11.6. The summed E-state index contributed by atoms with van der Waals surface area (Å²) < 4.78 is 0. The van der Waals surface area contributed by atoms with Crippen LogP contribution < -0.4 is 5.32 Å². The lowest BCUT2D eigenvalue weighted by molar-refractivity contribution is -0.137. The monoisotopic (exact) mass is 530 g/mol. The molecule has 1 saturated heterocycles. The van der Waals surface area contributed by atoms with Gasteiger partial charge in [0.05, 0.1) is 0 Å². The highest BCUT2D eigenvalue weighted by Gasteiger charge is 2.26. The van der Waals surface area contributed by atoms with Gasteiger partial charge in [-0.3, -0.25) is 4.79 Å². The Morgan fingerprint density at radius 1 is 0.816 bits per heavy atom. The van der Waals surface area contributed by atoms with Crippen molar-refractivity contribution >= 4 is 17.7 Å². The molecule has 38 heavy (non-hydrogen) atoms. The van der Waals surface area contributed by atoms with Crippen LogP contribution in [0.3, 0.4) is 0 Å². The number of carbonyl (C=O) groups is 2. The van der Waals surface area contributed by atoms with Crippen LogP contribution in [-0.2, 0) is 4.79 Å². The van der Waals surface area contributed by atoms with E-state index in [1.807, 2.05) is 36.9 Å². The number of para-hydroxylation sites is 1. The molecule has 5 heteroatoms. The second-order valence-electron chi connectivity index (χ2n) is 11.2. The van der Waals surface area contributed by atoms with Crippen molar-refractivity contribution in [1.82, 2.24) is 4.90 Å². The number of nitrogens with zero attached hydrogens (tertiary/aromatic N) is 1. The van der Waals surface area contributed by atoms with Gasteiger partial charge < -0.3 is 15.3 Å². The first-order chi connectivity index (χ1) is 18.4. The maximum Gasteiger partial charge on any atom is 0.322 e. The van der Waals surface area contributed by atoms with Crippen molar-refractivity contribution in [3.8, 4) is 0 Å². The molecule has 1 atom stereocenters. The summed E-state index contributed by atoms with van der Waals surface area (Å²) in [5.74, 6) is -0.655. The highest BCUT2D eigenvalue weighted by atomic mass is 16.4. The van der Waals surface area contributed by atoms with Gasteiger partial charge in [-0.2, -0.15) is 0 Å². The molecule has 1 unspecified atom stereocenters. The third-order valence-corrected chi connectivity index (χ3v) is 7.72. The van der Waals surface area contributed by atoms with Crippen molar-refractivity contribution in [2.24, 2.45) is 0 Å². The summed E-state index contributed by atoms with van der Waals surface area (Å²) in [7, 11) is 0. The van der Waals surface area contributed by atoms with Crippen molar-refractivity contribution in [3.63, 3.8) is 0 Å². The summed E-state index contributed by atoms with van der Waals surface area (Å²) >= 11 is 0. The zero-order valence-corrected chi connectivity index (χ0v) is 25.2. The largest absolute Gasteiger partial charge is 0.481 e. The van der Waals surface area contributed by atoms with E-state index in [4.69, 9.17) is 5.11 Å². The number of aliphatic carboxylic acids is 1. The van der Waals surface area contributed by atoms with Crippen LogP contribution in [0, 0.1) is 13.8 Å². The minimum absolute atomic E-state index is 0.0700. The number of aryl methyl sites for hydroxylation is 2. The van der Waals surface area contributed by atoms with E-state index < -0.39 is 5.97 Å². The summed E-state index contributed by atoms with van der Waals surface area (Å²) in [6, 6.07) is 6.60. The smallest absolute Gasteiger partial charge is 0.322 e. The number of hydrogen-bond acceptors (Lipinski definition) is 2. The molecule has 2 amide bonds. The number of carbonyl (C=O) groups excluding carboxylic acids is 1. The number of carboxylic acid groups (broad SMARTS) is 1. The molecule has 0 aromatic heterocycles. The predicted molar refractivity (Wildman–Crippen MR) is 162 cm³/mol. The molecular formula is C33H58N2O3. The predicted octanol–water partition coefficient (Wildman–Crippen LogP) is 10.0. The molecule has 1 aliphatic rings. The van der Waals surface area contributed by atoms with E-state index in [2.05, 4.69) is 19.2 Å². The van der Waals surface area contributed by atoms with Gasteiger partial charge >= 0.3 is 12.0 Å². The lowest BCUT2D eigenvalue weighted by Crippen LogP contribution is -2.46. The average Bonchev–Trinajstić information content (AvgIpc) is 2.89. The van der Waals surface area contributed by atoms with E-state index in [0.29, 0.717) is 12.5 Å². The third kappa shape index (κ3) is 15.4. The molecule has 1 aromatic rings. The lowest BCUT2D eigenvalue weighted by atomic mass is 9.98. The Balaban J connectivity index is 0.000000383. The number of carboxylic acids is 1. The molecule has 1 heterocycles. The van der Waals surface area contributed by atoms with Crippen molar-refractivity contribution in [2.45, 2.75) is 156 Å². The van der Waals surface area contributed by atoms with Crippen molar-refractivity contribution in [3.05, 3.63) is 29.3 Å². The van der Waals surface area contributed by atoms with E-state index in [1.165, 1.54) is 77.0 Å². The van der Waals surface area contributed by atoms with Crippen LogP contribution in [0.15, 0.2) is 18.2 Å². The minimum Gasteiger partial charge on any atom is -0.481 e. The number of amides is 2. The second kappa shape index (κ2) is 21.8. The molecule has 2 rings (SSSR count). The molecule has 218 valence electrons. The van der Waals surface area contributed by atoms with Crippen LogP contribution in [0.25, 0.3) is 0 Å². The fourth-order valence-corrected chi connectivity index (χ4v) is 5.39. The summed E-state index contributed by atoms with van der Waals surface area (Å²) in [6.07, 6.45) is 23.0. The van der Waals surface area contributed by atoms with E-state index in [9.17, 15) is 9.59 Å². The van der Waals surface area contributed by atoms with Crippen LogP contribution in [0.2, 0.25) is 0 Å². The van der Waals surface area contributed by atoms with Gasteiger partial charge in [0.25, 0.3) is 0 Å². The highest BCUT2D eigenvalue weighted by Crippen LogP contribution is 2.24. The third-order valence-electron chi connectivity index (χ3n) is 7.72. The Kier molecular flexibility index (Phi) is 19.5. The Hall–Kier alpha value is -2.04. The summed E-state index contributed by atoms with van der Waals surface area (Å²) in [6.45, 7) is 9.43. The summed E-state index contributed by atoms with van der Waals surface area (Å²) in [4.78, 5) is 24.9. The fourth-order valence-electron chi connectivity index (χ4n) is 5.39. The first-order valence-corrected chi connectivity index (χ1v) is 15.8. The van der Waals surface area contributed by atoms with Gasteiger partial charge in [-0.05, 0) is 57.1 Å². The molecule has 0 spiro atoms. The van der Waals surface area contributed by atoms with Gasteiger partial charge in [-0.25, -0.2) is 4.79 Å². The van der Waals surface area contributed by atoms with E-state index in [-0.39, 0.29) is 6.03 Å². The Bertz CT molecular complexity index is 742. The second-order valence-corrected chi connectivity index (χ2v) is 11.2. The molecule has 1 aromatic carbocycles.